The number of ether oxygens (including phenoxy) is 1. The zero-order valence-electron chi connectivity index (χ0n) is 15.3. The van der Waals surface area contributed by atoms with Crippen molar-refractivity contribution < 1.29 is 17.9 Å². The van der Waals surface area contributed by atoms with Gasteiger partial charge in [0.2, 0.25) is 10.0 Å². The van der Waals surface area contributed by atoms with Crippen LogP contribution in [0.25, 0.3) is 10.9 Å². The average molecular weight is 387 g/mol. The molecule has 3 aromatic rings. The second-order valence-corrected chi connectivity index (χ2v) is 7.84. The molecule has 0 saturated carbocycles. The first kappa shape index (κ1) is 18.9. The first-order valence-electron chi connectivity index (χ1n) is 8.40. The van der Waals surface area contributed by atoms with Crippen molar-refractivity contribution in [2.45, 2.75) is 25.7 Å². The van der Waals surface area contributed by atoms with Gasteiger partial charge in [0.15, 0.2) is 0 Å². The van der Waals surface area contributed by atoms with Crippen LogP contribution in [0.15, 0.2) is 41.3 Å². The minimum atomic E-state index is -3.87. The van der Waals surface area contributed by atoms with Gasteiger partial charge in [0.05, 0.1) is 11.5 Å². The van der Waals surface area contributed by atoms with Crippen molar-refractivity contribution in [2.75, 3.05) is 11.9 Å². The number of H-pyrrole nitrogens is 1. The summed E-state index contributed by atoms with van der Waals surface area (Å²) in [6.45, 7) is 6.02. The predicted molar refractivity (Wildman–Crippen MR) is 105 cm³/mol. The van der Waals surface area contributed by atoms with Gasteiger partial charge in [-0.3, -0.25) is 4.79 Å². The monoisotopic (exact) mass is 387 g/mol. The van der Waals surface area contributed by atoms with E-state index in [-0.39, 0.29) is 10.8 Å². The topological polar surface area (TPSA) is 114 Å². The SMILES string of the molecule is CCOc1ccc2cc(C(=O)Nc3cc(S(N)(=O)=O)cc(C)c3C)[nH]c2c1. The first-order valence-corrected chi connectivity index (χ1v) is 9.94. The van der Waals surface area contributed by atoms with Crippen LogP contribution in [0.3, 0.4) is 0 Å². The molecule has 0 aliphatic heterocycles. The number of hydrogen-bond acceptors (Lipinski definition) is 4. The average Bonchev–Trinajstić information content (AvgIpc) is 3.01. The lowest BCUT2D eigenvalue weighted by Crippen LogP contribution is -2.16. The van der Waals surface area contributed by atoms with Crippen molar-refractivity contribution in [1.82, 2.24) is 4.98 Å². The van der Waals surface area contributed by atoms with Crippen LogP contribution in [-0.4, -0.2) is 25.9 Å². The molecule has 27 heavy (non-hydrogen) atoms. The highest BCUT2D eigenvalue weighted by Gasteiger charge is 2.16. The van der Waals surface area contributed by atoms with E-state index < -0.39 is 10.0 Å². The van der Waals surface area contributed by atoms with E-state index in [2.05, 4.69) is 10.3 Å². The number of aromatic amines is 1. The van der Waals surface area contributed by atoms with Crippen LogP contribution in [-0.2, 0) is 10.0 Å². The first-order chi connectivity index (χ1) is 12.7. The Morgan fingerprint density at radius 3 is 2.59 bits per heavy atom. The van der Waals surface area contributed by atoms with E-state index in [4.69, 9.17) is 9.88 Å². The maximum absolute atomic E-state index is 12.7. The van der Waals surface area contributed by atoms with E-state index in [0.29, 0.717) is 23.7 Å². The van der Waals surface area contributed by atoms with E-state index in [0.717, 1.165) is 22.0 Å². The Hall–Kier alpha value is -2.84. The third-order valence-corrected chi connectivity index (χ3v) is 5.26. The molecule has 4 N–H and O–H groups in total. The molecule has 0 aliphatic carbocycles. The smallest absolute Gasteiger partial charge is 0.272 e. The molecule has 0 bridgehead atoms. The Morgan fingerprint density at radius 1 is 1.19 bits per heavy atom. The number of anilines is 1. The summed E-state index contributed by atoms with van der Waals surface area (Å²) in [6.07, 6.45) is 0. The van der Waals surface area contributed by atoms with Gasteiger partial charge in [0.1, 0.15) is 11.4 Å². The van der Waals surface area contributed by atoms with Gasteiger partial charge in [-0.1, -0.05) is 0 Å². The largest absolute Gasteiger partial charge is 0.494 e. The van der Waals surface area contributed by atoms with Gasteiger partial charge in [0.25, 0.3) is 5.91 Å². The number of benzene rings is 2. The molecule has 2 aromatic carbocycles. The fourth-order valence-electron chi connectivity index (χ4n) is 2.79. The lowest BCUT2D eigenvalue weighted by Gasteiger charge is -2.12. The van der Waals surface area contributed by atoms with Crippen LogP contribution in [0, 0.1) is 13.8 Å². The van der Waals surface area contributed by atoms with Crippen LogP contribution in [0.2, 0.25) is 0 Å². The van der Waals surface area contributed by atoms with Crippen molar-refractivity contribution in [2.24, 2.45) is 5.14 Å². The van der Waals surface area contributed by atoms with Gasteiger partial charge in [-0.15, -0.1) is 0 Å². The number of sulfonamides is 1. The van der Waals surface area contributed by atoms with Crippen molar-refractivity contribution in [3.8, 4) is 5.75 Å². The highest BCUT2D eigenvalue weighted by molar-refractivity contribution is 7.89. The van der Waals surface area contributed by atoms with Crippen LogP contribution in [0.1, 0.15) is 28.5 Å². The molecule has 1 amide bonds. The van der Waals surface area contributed by atoms with Gasteiger partial charge in [-0.05, 0) is 62.2 Å². The normalized spacial score (nSPS) is 11.6. The van der Waals surface area contributed by atoms with E-state index in [1.165, 1.54) is 12.1 Å². The number of fused-ring (bicyclic) bond motifs is 1. The van der Waals surface area contributed by atoms with Crippen LogP contribution < -0.4 is 15.2 Å². The number of carbonyl (C=O) groups is 1. The zero-order valence-corrected chi connectivity index (χ0v) is 16.1. The number of aryl methyl sites for hydroxylation is 1. The van der Waals surface area contributed by atoms with E-state index in [1.807, 2.05) is 25.1 Å². The summed E-state index contributed by atoms with van der Waals surface area (Å²) >= 11 is 0. The minimum Gasteiger partial charge on any atom is -0.494 e. The second-order valence-electron chi connectivity index (χ2n) is 6.28. The highest BCUT2D eigenvalue weighted by atomic mass is 32.2. The molecule has 0 aliphatic rings. The number of aromatic nitrogens is 1. The number of amides is 1. The van der Waals surface area contributed by atoms with Gasteiger partial charge >= 0.3 is 0 Å². The molecule has 7 nitrogen and oxygen atoms in total. The fourth-order valence-corrected chi connectivity index (χ4v) is 3.42. The Bertz CT molecular complexity index is 1130. The Balaban J connectivity index is 1.93. The molecule has 1 heterocycles. The van der Waals surface area contributed by atoms with E-state index in [1.54, 1.807) is 19.9 Å². The van der Waals surface area contributed by atoms with Gasteiger partial charge in [0, 0.05) is 22.7 Å². The lowest BCUT2D eigenvalue weighted by atomic mass is 10.1. The fraction of sp³-hybridized carbons (Fsp3) is 0.211. The van der Waals surface area contributed by atoms with Crippen LogP contribution >= 0.6 is 0 Å². The molecule has 0 radical (unpaired) electrons. The molecular formula is C19H21N3O4S. The van der Waals surface area contributed by atoms with Crippen molar-refractivity contribution in [3.63, 3.8) is 0 Å². The Labute approximate surface area is 157 Å². The molecule has 0 spiro atoms. The number of primary sulfonamides is 1. The van der Waals surface area contributed by atoms with Crippen molar-refractivity contribution >= 4 is 32.5 Å². The lowest BCUT2D eigenvalue weighted by molar-refractivity contribution is 0.102. The van der Waals surface area contributed by atoms with Gasteiger partial charge < -0.3 is 15.0 Å². The molecule has 0 saturated heterocycles. The molecule has 0 fully saturated rings. The minimum absolute atomic E-state index is 0.0427. The third-order valence-electron chi connectivity index (χ3n) is 4.37. The number of rotatable bonds is 5. The summed E-state index contributed by atoms with van der Waals surface area (Å²) in [4.78, 5) is 15.7. The predicted octanol–water partition coefficient (Wildman–Crippen LogP) is 3.08. The zero-order chi connectivity index (χ0) is 19.8. The highest BCUT2D eigenvalue weighted by Crippen LogP contribution is 2.25. The van der Waals surface area contributed by atoms with Crippen molar-refractivity contribution in [1.29, 1.82) is 0 Å². The van der Waals surface area contributed by atoms with Crippen LogP contribution in [0.5, 0.6) is 5.75 Å². The van der Waals surface area contributed by atoms with Gasteiger partial charge in [-0.25, -0.2) is 13.6 Å². The molecule has 0 atom stereocenters. The van der Waals surface area contributed by atoms with Crippen molar-refractivity contribution in [3.05, 3.63) is 53.2 Å². The summed E-state index contributed by atoms with van der Waals surface area (Å²) in [5, 5.41) is 8.85. The number of hydrogen-bond donors (Lipinski definition) is 3. The molecular weight excluding hydrogens is 366 g/mol. The molecule has 8 heteroatoms. The number of carbonyl (C=O) groups excluding carboxylic acids is 1. The molecule has 142 valence electrons. The maximum Gasteiger partial charge on any atom is 0.272 e. The van der Waals surface area contributed by atoms with E-state index >= 15 is 0 Å². The molecule has 1 aromatic heterocycles. The Kier molecular flexibility index (Phi) is 4.95. The van der Waals surface area contributed by atoms with Crippen LogP contribution in [0.4, 0.5) is 5.69 Å². The van der Waals surface area contributed by atoms with Gasteiger partial charge in [-0.2, -0.15) is 0 Å². The maximum atomic E-state index is 12.7. The second kappa shape index (κ2) is 7.05. The number of nitrogens with two attached hydrogens (primary N) is 1. The molecule has 0 unspecified atom stereocenters. The summed E-state index contributed by atoms with van der Waals surface area (Å²) in [7, 11) is -3.87. The number of nitrogens with one attached hydrogen (secondary N) is 2. The summed E-state index contributed by atoms with van der Waals surface area (Å²) < 4.78 is 28.8. The summed E-state index contributed by atoms with van der Waals surface area (Å²) in [6, 6.07) is 10.1. The molecule has 3 rings (SSSR count). The standard InChI is InChI=1S/C19H21N3O4S/c1-4-26-14-6-5-13-8-18(21-17(13)9-14)19(23)22-16-10-15(27(20,24)25)7-11(2)12(16)3/h5-10,21H,4H2,1-3H3,(H,22,23)(H2,20,24,25). The Morgan fingerprint density at radius 2 is 1.93 bits per heavy atom. The summed E-state index contributed by atoms with van der Waals surface area (Å²) in [5.74, 6) is 0.337. The quantitative estimate of drug-likeness (QED) is 0.624. The third kappa shape index (κ3) is 3.96. The van der Waals surface area contributed by atoms with E-state index in [9.17, 15) is 13.2 Å². The summed E-state index contributed by atoms with van der Waals surface area (Å²) in [5.41, 5.74) is 3.02.